The molecule has 212 valence electrons. The summed E-state index contributed by atoms with van der Waals surface area (Å²) in [5, 5.41) is 22.3. The normalized spacial score (nSPS) is 15.8. The summed E-state index contributed by atoms with van der Waals surface area (Å²) >= 11 is 0. The van der Waals surface area contributed by atoms with Gasteiger partial charge in [-0.2, -0.15) is 0 Å². The molecule has 4 rings (SSSR count). The van der Waals surface area contributed by atoms with Crippen LogP contribution in [0.25, 0.3) is 10.9 Å². The van der Waals surface area contributed by atoms with Gasteiger partial charge in [0.25, 0.3) is 0 Å². The van der Waals surface area contributed by atoms with E-state index >= 15 is 0 Å². The Morgan fingerprint density at radius 3 is 2.58 bits per heavy atom. The number of nitrogens with zero attached hydrogens (tertiary/aromatic N) is 3. The highest BCUT2D eigenvalue weighted by atomic mass is 19.2. The lowest BCUT2D eigenvalue weighted by Gasteiger charge is -2.38. The van der Waals surface area contributed by atoms with Crippen molar-refractivity contribution < 1.29 is 32.9 Å². The Balaban J connectivity index is 1.46. The summed E-state index contributed by atoms with van der Waals surface area (Å²) in [4.78, 5) is 20.7. The predicted octanol–water partition coefficient (Wildman–Crippen LogP) is 4.76. The predicted molar refractivity (Wildman–Crippen MR) is 146 cm³/mol. The third-order valence-electron chi connectivity index (χ3n) is 7.59. The number of carboxylic acids is 1. The van der Waals surface area contributed by atoms with Crippen LogP contribution in [0.1, 0.15) is 42.9 Å². The molecule has 1 aliphatic rings. The molecular weight excluding hydrogens is 523 g/mol. The Bertz CT molecular complexity index is 1460. The molecule has 1 aliphatic heterocycles. The van der Waals surface area contributed by atoms with Gasteiger partial charge in [-0.1, -0.05) is 11.8 Å². The minimum atomic E-state index is -1.30. The first-order valence-corrected chi connectivity index (χ1v) is 13.0. The van der Waals surface area contributed by atoms with Crippen LogP contribution in [0, 0.1) is 34.7 Å². The van der Waals surface area contributed by atoms with Crippen molar-refractivity contribution in [2.45, 2.75) is 31.8 Å². The van der Waals surface area contributed by atoms with Crippen LogP contribution in [0.2, 0.25) is 0 Å². The second kappa shape index (κ2) is 12.1. The van der Waals surface area contributed by atoms with Crippen molar-refractivity contribution >= 4 is 22.6 Å². The van der Waals surface area contributed by atoms with Crippen LogP contribution in [-0.2, 0) is 4.79 Å². The van der Waals surface area contributed by atoms with Crippen molar-refractivity contribution in [1.29, 1.82) is 0 Å². The largest absolute Gasteiger partial charge is 0.497 e. The lowest BCUT2D eigenvalue weighted by molar-refractivity contribution is -0.153. The average molecular weight is 556 g/mol. The monoisotopic (exact) mass is 555 g/mol. The minimum Gasteiger partial charge on any atom is -0.497 e. The van der Waals surface area contributed by atoms with Gasteiger partial charge in [0.15, 0.2) is 11.6 Å². The molecule has 1 fully saturated rings. The van der Waals surface area contributed by atoms with Crippen molar-refractivity contribution in [2.24, 2.45) is 5.41 Å². The Hall–Kier alpha value is -3.81. The topological polar surface area (TPSA) is 86.1 Å². The SMILES string of the molecule is COc1ccc2ncc(N(C)C)c(C(O)CCC3(C(=O)O)CCN(CC#Cc4cc(F)cc(F)c4F)CC3)c2c1. The van der Waals surface area contributed by atoms with E-state index in [2.05, 4.69) is 16.8 Å². The highest BCUT2D eigenvalue weighted by molar-refractivity contribution is 5.88. The number of halogens is 3. The number of aromatic nitrogens is 1. The van der Waals surface area contributed by atoms with Crippen molar-refractivity contribution in [1.82, 2.24) is 9.88 Å². The molecule has 2 aromatic carbocycles. The zero-order chi connectivity index (χ0) is 29.0. The number of methoxy groups -OCH3 is 1. The van der Waals surface area contributed by atoms with Crippen LogP contribution in [0.5, 0.6) is 5.75 Å². The quantitative estimate of drug-likeness (QED) is 0.306. The molecular formula is C30H32F3N3O4. The van der Waals surface area contributed by atoms with E-state index in [0.29, 0.717) is 48.8 Å². The third kappa shape index (κ3) is 6.16. The maximum Gasteiger partial charge on any atom is 0.309 e. The number of hydrogen-bond acceptors (Lipinski definition) is 6. The van der Waals surface area contributed by atoms with Crippen LogP contribution in [0.3, 0.4) is 0 Å². The van der Waals surface area contributed by atoms with E-state index in [-0.39, 0.29) is 24.9 Å². The van der Waals surface area contributed by atoms with E-state index in [9.17, 15) is 28.2 Å². The summed E-state index contributed by atoms with van der Waals surface area (Å²) in [6.45, 7) is 1.05. The lowest BCUT2D eigenvalue weighted by atomic mass is 9.74. The van der Waals surface area contributed by atoms with Crippen LogP contribution in [0.4, 0.5) is 18.9 Å². The number of piperidine rings is 1. The Morgan fingerprint density at radius 2 is 1.93 bits per heavy atom. The van der Waals surface area contributed by atoms with Gasteiger partial charge >= 0.3 is 5.97 Å². The maximum atomic E-state index is 13.8. The van der Waals surface area contributed by atoms with E-state index in [1.54, 1.807) is 19.4 Å². The van der Waals surface area contributed by atoms with Crippen molar-refractivity contribution in [2.75, 3.05) is 45.7 Å². The third-order valence-corrected chi connectivity index (χ3v) is 7.59. The molecule has 0 radical (unpaired) electrons. The van der Waals surface area contributed by atoms with Crippen molar-refractivity contribution in [3.63, 3.8) is 0 Å². The van der Waals surface area contributed by atoms with Gasteiger partial charge in [-0.25, -0.2) is 13.2 Å². The fourth-order valence-corrected chi connectivity index (χ4v) is 5.18. The Labute approximate surface area is 231 Å². The molecule has 2 N–H and O–H groups in total. The van der Waals surface area contributed by atoms with Crippen molar-refractivity contribution in [3.05, 3.63) is 65.1 Å². The zero-order valence-corrected chi connectivity index (χ0v) is 22.7. The minimum absolute atomic E-state index is 0.201. The fourth-order valence-electron chi connectivity index (χ4n) is 5.18. The standard InChI is InChI=1S/C30H32F3N3O4/c1-35(2)25-18-34-24-7-6-21(40-3)17-22(24)27(25)26(37)8-9-30(29(38)39)10-13-36(14-11-30)12-4-5-19-15-20(31)16-23(32)28(19)33/h6-7,15-18,26,37H,8-14H2,1-3H3,(H,38,39). The summed E-state index contributed by atoms with van der Waals surface area (Å²) in [7, 11) is 5.28. The van der Waals surface area contributed by atoms with E-state index in [4.69, 9.17) is 4.74 Å². The first-order valence-electron chi connectivity index (χ1n) is 13.0. The highest BCUT2D eigenvalue weighted by Gasteiger charge is 2.41. The number of likely N-dealkylation sites (tertiary alicyclic amines) is 1. The second-order valence-corrected chi connectivity index (χ2v) is 10.3. The molecule has 0 aliphatic carbocycles. The molecule has 1 unspecified atom stereocenters. The molecule has 2 heterocycles. The van der Waals surface area contributed by atoms with E-state index in [0.717, 1.165) is 17.1 Å². The molecule has 1 saturated heterocycles. The smallest absolute Gasteiger partial charge is 0.309 e. The number of pyridine rings is 1. The van der Waals surface area contributed by atoms with Crippen molar-refractivity contribution in [3.8, 4) is 17.6 Å². The van der Waals surface area contributed by atoms with Crippen LogP contribution in [0.15, 0.2) is 36.5 Å². The van der Waals surface area contributed by atoms with Gasteiger partial charge in [0.05, 0.1) is 48.1 Å². The molecule has 0 bridgehead atoms. The lowest BCUT2D eigenvalue weighted by Crippen LogP contribution is -2.44. The molecule has 1 aromatic heterocycles. The summed E-state index contributed by atoms with van der Waals surface area (Å²) in [6.07, 6.45) is 1.93. The van der Waals surface area contributed by atoms with Gasteiger partial charge in [-0.3, -0.25) is 14.7 Å². The highest BCUT2D eigenvalue weighted by Crippen LogP contribution is 2.41. The average Bonchev–Trinajstić information content (AvgIpc) is 2.93. The molecule has 10 heteroatoms. The van der Waals surface area contributed by atoms with E-state index in [1.165, 1.54) is 0 Å². The van der Waals surface area contributed by atoms with Gasteiger partial charge in [0.2, 0.25) is 0 Å². The summed E-state index contributed by atoms with van der Waals surface area (Å²) in [6, 6.07) is 6.74. The molecule has 0 saturated carbocycles. The van der Waals surface area contributed by atoms with E-state index < -0.39 is 34.9 Å². The first-order chi connectivity index (χ1) is 19.0. The molecule has 7 nitrogen and oxygen atoms in total. The maximum absolute atomic E-state index is 13.8. The molecule has 1 atom stereocenters. The van der Waals surface area contributed by atoms with Crippen LogP contribution >= 0.6 is 0 Å². The molecule has 0 spiro atoms. The number of aliphatic hydroxyl groups is 1. The Morgan fingerprint density at radius 1 is 1.20 bits per heavy atom. The number of aliphatic hydroxyl groups excluding tert-OH is 1. The number of benzene rings is 2. The van der Waals surface area contributed by atoms with Crippen LogP contribution < -0.4 is 9.64 Å². The van der Waals surface area contributed by atoms with Crippen LogP contribution in [-0.4, -0.2) is 66.9 Å². The fraction of sp³-hybridized carbons (Fsp3) is 0.400. The van der Waals surface area contributed by atoms with Gasteiger partial charge < -0.3 is 19.8 Å². The van der Waals surface area contributed by atoms with Gasteiger partial charge in [0, 0.05) is 44.2 Å². The number of ether oxygens (including phenoxy) is 1. The molecule has 3 aromatic rings. The number of rotatable bonds is 8. The summed E-state index contributed by atoms with van der Waals surface area (Å²) in [5.74, 6) is 1.50. The Kier molecular flexibility index (Phi) is 8.86. The number of hydrogen-bond donors (Lipinski definition) is 2. The number of fused-ring (bicyclic) bond motifs is 1. The van der Waals surface area contributed by atoms with Gasteiger partial charge in [-0.15, -0.1) is 0 Å². The first kappa shape index (κ1) is 29.2. The number of anilines is 1. The molecule has 0 amide bonds. The van der Waals surface area contributed by atoms with Gasteiger partial charge in [0.1, 0.15) is 11.6 Å². The zero-order valence-electron chi connectivity index (χ0n) is 22.7. The summed E-state index contributed by atoms with van der Waals surface area (Å²) in [5.41, 5.74) is 0.718. The second-order valence-electron chi connectivity index (χ2n) is 10.3. The number of aliphatic carboxylic acids is 1. The van der Waals surface area contributed by atoms with Gasteiger partial charge in [-0.05, 0) is 49.9 Å². The summed E-state index contributed by atoms with van der Waals surface area (Å²) < 4.78 is 46.0. The number of carbonyl (C=O) groups is 1. The molecule has 40 heavy (non-hydrogen) atoms. The van der Waals surface area contributed by atoms with E-state index in [1.807, 2.05) is 36.0 Å². The number of carboxylic acid groups (broad SMARTS) is 1.